The second kappa shape index (κ2) is 7.22. The summed E-state index contributed by atoms with van der Waals surface area (Å²) in [5, 5.41) is 5.16. The van der Waals surface area contributed by atoms with Crippen molar-refractivity contribution in [3.8, 4) is 0 Å². The lowest BCUT2D eigenvalue weighted by atomic mass is 10.2. The zero-order valence-corrected chi connectivity index (χ0v) is 17.5. The highest BCUT2D eigenvalue weighted by Gasteiger charge is 2.36. The Labute approximate surface area is 166 Å². The van der Waals surface area contributed by atoms with Crippen LogP contribution in [0.1, 0.15) is 54.6 Å². The fourth-order valence-corrected chi connectivity index (χ4v) is 6.69. The molecule has 7 heteroatoms. The van der Waals surface area contributed by atoms with E-state index in [1.807, 2.05) is 11.7 Å². The zero-order valence-electron chi connectivity index (χ0n) is 15.9. The normalized spacial score (nSPS) is 17.8. The molecule has 1 aromatic carbocycles. The van der Waals surface area contributed by atoms with Crippen LogP contribution in [0.5, 0.6) is 0 Å². The van der Waals surface area contributed by atoms with Crippen molar-refractivity contribution < 1.29 is 8.42 Å². The van der Waals surface area contributed by atoms with Gasteiger partial charge < -0.3 is 0 Å². The topological polar surface area (TPSA) is 55.2 Å². The van der Waals surface area contributed by atoms with Crippen LogP contribution >= 0.6 is 11.6 Å². The number of benzene rings is 1. The summed E-state index contributed by atoms with van der Waals surface area (Å²) in [6.07, 6.45) is 7.12. The van der Waals surface area contributed by atoms with Crippen LogP contribution in [0.2, 0.25) is 5.02 Å². The molecule has 1 aromatic heterocycles. The first-order valence-electron chi connectivity index (χ1n) is 9.70. The molecular weight excluding hydrogens is 382 g/mol. The zero-order chi connectivity index (χ0) is 19.2. The monoisotopic (exact) mass is 407 g/mol. The number of nitrogens with zero attached hydrogens (tertiary/aromatic N) is 3. The van der Waals surface area contributed by atoms with E-state index in [1.54, 1.807) is 29.4 Å². The number of sulfonamides is 1. The van der Waals surface area contributed by atoms with Crippen molar-refractivity contribution >= 4 is 21.6 Å². The van der Waals surface area contributed by atoms with Crippen molar-refractivity contribution in [1.82, 2.24) is 14.1 Å². The maximum atomic E-state index is 13.6. The molecule has 2 aliphatic carbocycles. The molecule has 0 bridgehead atoms. The highest BCUT2D eigenvalue weighted by Crippen LogP contribution is 2.34. The summed E-state index contributed by atoms with van der Waals surface area (Å²) >= 11 is 6.23. The molecule has 0 saturated heterocycles. The number of fused-ring (bicyclic) bond motifs is 1. The van der Waals surface area contributed by atoms with Gasteiger partial charge in [0, 0.05) is 23.8 Å². The average Bonchev–Trinajstić information content (AvgIpc) is 3.35. The number of hydrogen-bond acceptors (Lipinski definition) is 3. The summed E-state index contributed by atoms with van der Waals surface area (Å²) in [6.45, 7) is 2.13. The minimum absolute atomic E-state index is 0.0347. The maximum Gasteiger partial charge on any atom is 0.243 e. The molecule has 2 aliphatic rings. The van der Waals surface area contributed by atoms with Gasteiger partial charge in [0.25, 0.3) is 0 Å². The number of aryl methyl sites for hydroxylation is 1. The second-order valence-electron chi connectivity index (χ2n) is 7.70. The molecule has 4 rings (SSSR count). The van der Waals surface area contributed by atoms with Gasteiger partial charge in [0.15, 0.2) is 0 Å². The minimum Gasteiger partial charge on any atom is -0.272 e. The summed E-state index contributed by atoms with van der Waals surface area (Å²) in [4.78, 5) is 0.314. The van der Waals surface area contributed by atoms with Crippen LogP contribution in [0, 0.1) is 6.92 Å². The largest absolute Gasteiger partial charge is 0.272 e. The van der Waals surface area contributed by atoms with Gasteiger partial charge in [-0.2, -0.15) is 9.40 Å². The Morgan fingerprint density at radius 3 is 2.70 bits per heavy atom. The van der Waals surface area contributed by atoms with Crippen molar-refractivity contribution in [1.29, 1.82) is 0 Å². The minimum atomic E-state index is -3.64. The van der Waals surface area contributed by atoms with E-state index in [1.165, 1.54) is 11.3 Å². The molecule has 1 fully saturated rings. The maximum absolute atomic E-state index is 13.6. The third-order valence-electron chi connectivity index (χ3n) is 6.04. The molecule has 0 N–H and O–H groups in total. The second-order valence-corrected chi connectivity index (χ2v) is 9.97. The van der Waals surface area contributed by atoms with Gasteiger partial charge in [-0.05, 0) is 62.3 Å². The third kappa shape index (κ3) is 3.32. The Morgan fingerprint density at radius 2 is 1.96 bits per heavy atom. The van der Waals surface area contributed by atoms with E-state index < -0.39 is 10.0 Å². The number of rotatable bonds is 5. The van der Waals surface area contributed by atoms with Crippen molar-refractivity contribution in [2.45, 2.75) is 69.4 Å². The van der Waals surface area contributed by atoms with Crippen LogP contribution in [-0.2, 0) is 36.5 Å². The Morgan fingerprint density at radius 1 is 1.22 bits per heavy atom. The number of hydrogen-bond donors (Lipinski definition) is 0. The van der Waals surface area contributed by atoms with Gasteiger partial charge in [-0.3, -0.25) is 4.68 Å². The smallest absolute Gasteiger partial charge is 0.243 e. The van der Waals surface area contributed by atoms with Crippen molar-refractivity contribution in [3.63, 3.8) is 0 Å². The van der Waals surface area contributed by atoms with Crippen LogP contribution in [0.15, 0.2) is 23.1 Å². The Balaban J connectivity index is 1.76. The highest BCUT2D eigenvalue weighted by molar-refractivity contribution is 7.89. The van der Waals surface area contributed by atoms with E-state index in [0.29, 0.717) is 22.0 Å². The first kappa shape index (κ1) is 19.0. The fourth-order valence-electron chi connectivity index (χ4n) is 4.57. The molecule has 146 valence electrons. The van der Waals surface area contributed by atoms with E-state index in [2.05, 4.69) is 5.10 Å². The van der Waals surface area contributed by atoms with Gasteiger partial charge in [0.1, 0.15) is 0 Å². The molecule has 0 spiro atoms. The summed E-state index contributed by atoms with van der Waals surface area (Å²) in [7, 11) is -1.68. The first-order valence-corrected chi connectivity index (χ1v) is 11.5. The predicted octanol–water partition coefficient (Wildman–Crippen LogP) is 4.00. The molecule has 0 unspecified atom stereocenters. The van der Waals surface area contributed by atoms with Crippen molar-refractivity contribution in [2.75, 3.05) is 0 Å². The lowest BCUT2D eigenvalue weighted by Crippen LogP contribution is -2.39. The van der Waals surface area contributed by atoms with Gasteiger partial charge in [-0.15, -0.1) is 0 Å². The van der Waals surface area contributed by atoms with E-state index in [-0.39, 0.29) is 6.04 Å². The summed E-state index contributed by atoms with van der Waals surface area (Å²) in [5.74, 6) is 0. The number of halogens is 1. The van der Waals surface area contributed by atoms with Crippen LogP contribution in [-0.4, -0.2) is 28.5 Å². The lowest BCUT2D eigenvalue weighted by Gasteiger charge is -2.28. The van der Waals surface area contributed by atoms with E-state index in [9.17, 15) is 8.42 Å². The molecular formula is C20H26ClN3O2S. The Hall–Kier alpha value is -1.37. The predicted molar refractivity (Wildman–Crippen MR) is 106 cm³/mol. The quantitative estimate of drug-likeness (QED) is 0.752. The molecule has 0 amide bonds. The standard InChI is InChI=1S/C20H26ClN3O2S/c1-14-17(21)10-6-12-20(14)27(25,26)24(15-7-3-4-8-15)13-18-16-9-5-11-19(16)23(2)22-18/h6,10,12,15H,3-5,7-9,11,13H2,1-2H3. The van der Waals surface area contributed by atoms with Crippen LogP contribution in [0.25, 0.3) is 0 Å². The van der Waals surface area contributed by atoms with Crippen molar-refractivity contribution in [3.05, 3.63) is 45.7 Å². The van der Waals surface area contributed by atoms with Crippen LogP contribution in [0.4, 0.5) is 0 Å². The molecule has 0 radical (unpaired) electrons. The van der Waals surface area contributed by atoms with Gasteiger partial charge in [-0.25, -0.2) is 8.42 Å². The highest BCUT2D eigenvalue weighted by atomic mass is 35.5. The SMILES string of the molecule is Cc1c(Cl)cccc1S(=O)(=O)N(Cc1nn(C)c2c1CCC2)C1CCCC1. The first-order chi connectivity index (χ1) is 12.9. The Kier molecular flexibility index (Phi) is 5.08. The van der Waals surface area contributed by atoms with Gasteiger partial charge in [0.2, 0.25) is 10.0 Å². The Bertz CT molecular complexity index is 962. The van der Waals surface area contributed by atoms with Crippen LogP contribution < -0.4 is 0 Å². The van der Waals surface area contributed by atoms with Gasteiger partial charge in [-0.1, -0.05) is 30.5 Å². The summed E-state index contributed by atoms with van der Waals surface area (Å²) in [5.41, 5.74) is 4.04. The van der Waals surface area contributed by atoms with E-state index >= 15 is 0 Å². The molecule has 1 heterocycles. The molecule has 0 aliphatic heterocycles. The van der Waals surface area contributed by atoms with E-state index in [4.69, 9.17) is 11.6 Å². The van der Waals surface area contributed by atoms with Crippen LogP contribution in [0.3, 0.4) is 0 Å². The lowest BCUT2D eigenvalue weighted by molar-refractivity contribution is 0.311. The van der Waals surface area contributed by atoms with E-state index in [0.717, 1.165) is 50.6 Å². The molecule has 0 atom stereocenters. The summed E-state index contributed by atoms with van der Waals surface area (Å²) < 4.78 is 30.9. The molecule has 1 saturated carbocycles. The molecule has 2 aromatic rings. The van der Waals surface area contributed by atoms with Crippen molar-refractivity contribution in [2.24, 2.45) is 7.05 Å². The van der Waals surface area contributed by atoms with Gasteiger partial charge in [0.05, 0.1) is 17.1 Å². The number of aromatic nitrogens is 2. The van der Waals surface area contributed by atoms with Gasteiger partial charge >= 0.3 is 0 Å². The molecule has 5 nitrogen and oxygen atoms in total. The third-order valence-corrected chi connectivity index (χ3v) is 8.49. The molecule has 27 heavy (non-hydrogen) atoms. The fraction of sp³-hybridized carbons (Fsp3) is 0.550. The summed E-state index contributed by atoms with van der Waals surface area (Å²) in [6, 6.07) is 5.16. The average molecular weight is 408 g/mol.